The van der Waals surface area contributed by atoms with Gasteiger partial charge in [-0.3, -0.25) is 0 Å². The van der Waals surface area contributed by atoms with Crippen LogP contribution in [0.5, 0.6) is 0 Å². The van der Waals surface area contributed by atoms with Crippen molar-refractivity contribution >= 4 is 9.28 Å². The number of hydrogen-bond acceptors (Lipinski definition) is 2. The Kier molecular flexibility index (Phi) is 4.70. The lowest BCUT2D eigenvalue weighted by Crippen LogP contribution is -2.32. The van der Waals surface area contributed by atoms with Crippen LogP contribution in [0.2, 0.25) is 0 Å². The summed E-state index contributed by atoms with van der Waals surface area (Å²) in [6, 6.07) is 0. The molecule has 0 bridgehead atoms. The van der Waals surface area contributed by atoms with Crippen molar-refractivity contribution in [1.82, 2.24) is 0 Å². The quantitative estimate of drug-likeness (QED) is 0.612. The van der Waals surface area contributed by atoms with Crippen molar-refractivity contribution in [2.24, 2.45) is 5.92 Å². The van der Waals surface area contributed by atoms with Crippen molar-refractivity contribution in [2.45, 2.75) is 33.1 Å². The molecule has 1 saturated carbocycles. The standard InChI is InChI=1S/C10H20O2Si/c1-4-11-13(12-5-2)9(3)10-7-6-8-10/h10,13H,3-8H2,1-2H3. The van der Waals surface area contributed by atoms with Gasteiger partial charge in [0.05, 0.1) is 0 Å². The Morgan fingerprint density at radius 1 is 1.31 bits per heavy atom. The third-order valence-electron chi connectivity index (χ3n) is 2.57. The van der Waals surface area contributed by atoms with E-state index in [2.05, 4.69) is 6.58 Å². The van der Waals surface area contributed by atoms with Gasteiger partial charge in [0.25, 0.3) is 0 Å². The van der Waals surface area contributed by atoms with Crippen LogP contribution in [0.25, 0.3) is 0 Å². The van der Waals surface area contributed by atoms with E-state index < -0.39 is 9.28 Å². The highest BCUT2D eigenvalue weighted by atomic mass is 28.3. The Labute approximate surface area is 82.8 Å². The monoisotopic (exact) mass is 200 g/mol. The molecule has 0 aromatic carbocycles. The van der Waals surface area contributed by atoms with Crippen LogP contribution in [0.15, 0.2) is 11.8 Å². The van der Waals surface area contributed by atoms with Gasteiger partial charge in [0.15, 0.2) is 0 Å². The number of hydrogen-bond donors (Lipinski definition) is 0. The van der Waals surface area contributed by atoms with Crippen molar-refractivity contribution in [3.63, 3.8) is 0 Å². The average Bonchev–Trinajstić information content (AvgIpc) is 2.01. The fourth-order valence-corrected chi connectivity index (χ4v) is 3.38. The van der Waals surface area contributed by atoms with E-state index in [0.717, 1.165) is 13.2 Å². The van der Waals surface area contributed by atoms with Crippen LogP contribution >= 0.6 is 0 Å². The van der Waals surface area contributed by atoms with Gasteiger partial charge in [0.2, 0.25) is 0 Å². The second kappa shape index (κ2) is 5.57. The zero-order valence-corrected chi connectivity index (χ0v) is 9.87. The third-order valence-corrected chi connectivity index (χ3v) is 4.92. The molecule has 3 heteroatoms. The predicted molar refractivity (Wildman–Crippen MR) is 56.9 cm³/mol. The van der Waals surface area contributed by atoms with Gasteiger partial charge in [-0.15, -0.1) is 0 Å². The van der Waals surface area contributed by atoms with E-state index in [0.29, 0.717) is 5.92 Å². The Bertz CT molecular complexity index is 160. The molecule has 0 saturated heterocycles. The summed E-state index contributed by atoms with van der Waals surface area (Å²) in [7, 11) is -1.55. The molecule has 76 valence electrons. The fourth-order valence-electron chi connectivity index (χ4n) is 1.54. The molecule has 0 unspecified atom stereocenters. The van der Waals surface area contributed by atoms with Crippen LogP contribution < -0.4 is 0 Å². The van der Waals surface area contributed by atoms with Gasteiger partial charge in [0.1, 0.15) is 0 Å². The van der Waals surface area contributed by atoms with Crippen molar-refractivity contribution in [2.75, 3.05) is 13.2 Å². The first-order valence-corrected chi connectivity index (χ1v) is 6.73. The fraction of sp³-hybridized carbons (Fsp3) is 0.800. The zero-order valence-electron chi connectivity index (χ0n) is 8.71. The lowest BCUT2D eigenvalue weighted by atomic mass is 9.85. The maximum absolute atomic E-state index is 5.62. The zero-order chi connectivity index (χ0) is 9.68. The topological polar surface area (TPSA) is 18.5 Å². The first kappa shape index (κ1) is 11.0. The summed E-state index contributed by atoms with van der Waals surface area (Å²) in [4.78, 5) is 0. The molecule has 0 atom stereocenters. The van der Waals surface area contributed by atoms with Crippen molar-refractivity contribution in [1.29, 1.82) is 0 Å². The van der Waals surface area contributed by atoms with Crippen LogP contribution in [0.3, 0.4) is 0 Å². The second-order valence-corrected chi connectivity index (χ2v) is 5.52. The SMILES string of the molecule is C=C(C1CCC1)[SiH](OCC)OCC. The van der Waals surface area contributed by atoms with E-state index in [1.807, 2.05) is 13.8 Å². The molecule has 0 aromatic heterocycles. The van der Waals surface area contributed by atoms with E-state index in [-0.39, 0.29) is 0 Å². The summed E-state index contributed by atoms with van der Waals surface area (Å²) in [5.74, 6) is 0.703. The maximum atomic E-state index is 5.62. The first-order valence-electron chi connectivity index (χ1n) is 5.21. The molecule has 2 nitrogen and oxygen atoms in total. The minimum Gasteiger partial charge on any atom is -0.394 e. The lowest BCUT2D eigenvalue weighted by molar-refractivity contribution is 0.213. The van der Waals surface area contributed by atoms with Crippen LogP contribution in [0.4, 0.5) is 0 Å². The molecule has 0 spiro atoms. The first-order chi connectivity index (χ1) is 6.29. The van der Waals surface area contributed by atoms with Crippen molar-refractivity contribution < 1.29 is 8.85 Å². The summed E-state index contributed by atoms with van der Waals surface area (Å²) >= 11 is 0. The maximum Gasteiger partial charge on any atom is 0.351 e. The Morgan fingerprint density at radius 2 is 1.85 bits per heavy atom. The largest absolute Gasteiger partial charge is 0.394 e. The molecule has 0 aliphatic heterocycles. The van der Waals surface area contributed by atoms with E-state index in [1.165, 1.54) is 24.5 Å². The normalized spacial score (nSPS) is 17.5. The summed E-state index contributed by atoms with van der Waals surface area (Å²) < 4.78 is 11.2. The van der Waals surface area contributed by atoms with Crippen LogP contribution in [0.1, 0.15) is 33.1 Å². The Hall–Kier alpha value is -0.123. The third kappa shape index (κ3) is 2.93. The van der Waals surface area contributed by atoms with E-state index in [1.54, 1.807) is 0 Å². The molecule has 1 aliphatic carbocycles. The van der Waals surface area contributed by atoms with Gasteiger partial charge in [-0.05, 0) is 37.8 Å². The minimum absolute atomic E-state index is 0.703. The second-order valence-electron chi connectivity index (χ2n) is 3.45. The van der Waals surface area contributed by atoms with Gasteiger partial charge in [-0.2, -0.15) is 0 Å². The molecule has 0 amide bonds. The molecule has 0 radical (unpaired) electrons. The number of allylic oxidation sites excluding steroid dienone is 1. The van der Waals surface area contributed by atoms with Gasteiger partial charge < -0.3 is 8.85 Å². The molecule has 1 aliphatic rings. The van der Waals surface area contributed by atoms with Gasteiger partial charge in [0, 0.05) is 13.2 Å². The molecule has 1 fully saturated rings. The molecular weight excluding hydrogens is 180 g/mol. The molecule has 1 rings (SSSR count). The van der Waals surface area contributed by atoms with E-state index in [9.17, 15) is 0 Å². The van der Waals surface area contributed by atoms with Gasteiger partial charge >= 0.3 is 9.28 Å². The smallest absolute Gasteiger partial charge is 0.351 e. The van der Waals surface area contributed by atoms with E-state index in [4.69, 9.17) is 8.85 Å². The van der Waals surface area contributed by atoms with Crippen molar-refractivity contribution in [3.8, 4) is 0 Å². The molecule has 0 N–H and O–H groups in total. The summed E-state index contributed by atoms with van der Waals surface area (Å²) in [5.41, 5.74) is 0. The minimum atomic E-state index is -1.55. The summed E-state index contributed by atoms with van der Waals surface area (Å²) in [6.45, 7) is 9.67. The highest BCUT2D eigenvalue weighted by molar-refractivity contribution is 6.53. The summed E-state index contributed by atoms with van der Waals surface area (Å²) in [6.07, 6.45) is 3.94. The van der Waals surface area contributed by atoms with Crippen LogP contribution in [-0.4, -0.2) is 22.5 Å². The molecular formula is C10H20O2Si. The molecule has 0 heterocycles. The number of rotatable bonds is 6. The van der Waals surface area contributed by atoms with E-state index >= 15 is 0 Å². The van der Waals surface area contributed by atoms with Gasteiger partial charge in [-0.25, -0.2) is 0 Å². The molecule has 0 aromatic rings. The molecule has 13 heavy (non-hydrogen) atoms. The van der Waals surface area contributed by atoms with Crippen LogP contribution in [-0.2, 0) is 8.85 Å². The lowest BCUT2D eigenvalue weighted by Gasteiger charge is -2.30. The predicted octanol–water partition coefficient (Wildman–Crippen LogP) is 2.18. The highest BCUT2D eigenvalue weighted by Crippen LogP contribution is 2.33. The summed E-state index contributed by atoms with van der Waals surface area (Å²) in [5, 5.41) is 1.27. The average molecular weight is 200 g/mol. The van der Waals surface area contributed by atoms with Crippen molar-refractivity contribution in [3.05, 3.63) is 11.8 Å². The van der Waals surface area contributed by atoms with Gasteiger partial charge in [-0.1, -0.05) is 13.0 Å². The Balaban J connectivity index is 2.37. The van der Waals surface area contributed by atoms with Crippen LogP contribution in [0, 0.1) is 5.92 Å². The highest BCUT2D eigenvalue weighted by Gasteiger charge is 2.28. The Morgan fingerprint density at radius 3 is 2.15 bits per heavy atom.